The Morgan fingerprint density at radius 3 is 3.00 bits per heavy atom. The number of Topliss-reactive ketones (excluding diaryl/α,β-unsaturated/α-hetero) is 1. The number of benzene rings is 1. The van der Waals surface area contributed by atoms with Crippen molar-refractivity contribution < 1.29 is 11.6 Å². The van der Waals surface area contributed by atoms with Crippen molar-refractivity contribution in [3.8, 4) is 0 Å². The quantitative estimate of drug-likeness (QED) is 0.677. The fourth-order valence-corrected chi connectivity index (χ4v) is 4.38. The molecule has 0 bridgehead atoms. The van der Waals surface area contributed by atoms with Crippen molar-refractivity contribution in [1.29, 1.82) is 0 Å². The van der Waals surface area contributed by atoms with Crippen LogP contribution in [0, 0.1) is 11.3 Å². The van der Waals surface area contributed by atoms with E-state index in [0.29, 0.717) is 18.4 Å². The predicted octanol–water partition coefficient (Wildman–Crippen LogP) is 4.49. The second kappa shape index (κ2) is 4.06. The molecule has 0 aromatic heterocycles. The van der Waals surface area contributed by atoms with E-state index in [9.17, 15) is 4.79 Å². The van der Waals surface area contributed by atoms with Crippen molar-refractivity contribution in [2.45, 2.75) is 44.4 Å². The highest BCUT2D eigenvalue weighted by molar-refractivity contribution is 6.06. The van der Waals surface area contributed by atoms with Crippen LogP contribution in [0.1, 0.15) is 67.2 Å². The van der Waals surface area contributed by atoms with Crippen LogP contribution in [0.25, 0.3) is 0 Å². The maximum atomic E-state index is 13.5. The fourth-order valence-electron chi connectivity index (χ4n) is 4.38. The van der Waals surface area contributed by atoms with E-state index in [2.05, 4.69) is 0 Å². The Hall–Kier alpha value is -1.37. The van der Waals surface area contributed by atoms with Gasteiger partial charge in [0.15, 0.2) is 5.78 Å². The first-order chi connectivity index (χ1) is 11.4. The summed E-state index contributed by atoms with van der Waals surface area (Å²) in [6.45, 7) is 0. The maximum absolute atomic E-state index is 13.5. The lowest BCUT2D eigenvalue weighted by atomic mass is 9.59. The lowest BCUT2D eigenvalue weighted by Gasteiger charge is -2.43. The van der Waals surface area contributed by atoms with Crippen molar-refractivity contribution in [2.75, 3.05) is 0 Å². The highest BCUT2D eigenvalue weighted by atomic mass is 16.1. The van der Waals surface area contributed by atoms with Gasteiger partial charge in [0.05, 0.1) is 5.48 Å². The van der Waals surface area contributed by atoms with E-state index >= 15 is 0 Å². The molecule has 4 atom stereocenters. The number of ketones is 1. The van der Waals surface area contributed by atoms with E-state index in [0.717, 1.165) is 19.3 Å². The van der Waals surface area contributed by atoms with E-state index in [1.165, 1.54) is 0 Å². The van der Waals surface area contributed by atoms with Gasteiger partial charge in [-0.3, -0.25) is 4.79 Å². The topological polar surface area (TPSA) is 17.1 Å². The largest absolute Gasteiger partial charge is 0.294 e. The average molecular weight is 257 g/mol. The van der Waals surface area contributed by atoms with Gasteiger partial charge >= 0.3 is 0 Å². The summed E-state index contributed by atoms with van der Waals surface area (Å²) < 4.78 is 40.8. The van der Waals surface area contributed by atoms with Crippen LogP contribution in [0.5, 0.6) is 0 Å². The van der Waals surface area contributed by atoms with Gasteiger partial charge in [-0.05, 0) is 43.1 Å². The first-order valence-corrected chi connectivity index (χ1v) is 7.15. The van der Waals surface area contributed by atoms with Gasteiger partial charge in [-0.15, -0.1) is 0 Å². The molecule has 1 saturated carbocycles. The standard InChI is InChI=1S/C18H20O/c19-17-15-10-4-3-9-14(15)16-11-5-6-12-18(16,17)13-7-1-2-8-13/h1-4,9-10,13,16H,5-8,11-12H2/t16-,18+/m0/s1/i3D,4D,7D,9D,10D/t7?,13?,16-,18+. The van der Waals surface area contributed by atoms with E-state index in [4.69, 9.17) is 6.85 Å². The zero-order valence-corrected chi connectivity index (χ0v) is 10.8. The maximum Gasteiger partial charge on any atom is 0.170 e. The summed E-state index contributed by atoms with van der Waals surface area (Å²) in [6.07, 6.45) is 7.40. The first-order valence-electron chi connectivity index (χ1n) is 9.73. The number of carbonyl (C=O) groups excluding carboxylic acids is 1. The Labute approximate surface area is 121 Å². The molecule has 0 N–H and O–H groups in total. The number of allylic oxidation sites excluding steroid dienone is 2. The molecule has 1 aromatic carbocycles. The molecule has 1 heteroatoms. The van der Waals surface area contributed by atoms with Crippen molar-refractivity contribution in [2.24, 2.45) is 11.3 Å². The molecule has 0 heterocycles. The Morgan fingerprint density at radius 2 is 2.16 bits per heavy atom. The number of fused-ring (bicyclic) bond motifs is 3. The van der Waals surface area contributed by atoms with Crippen molar-refractivity contribution >= 4 is 5.78 Å². The fraction of sp³-hybridized carbons (Fsp3) is 0.500. The summed E-state index contributed by atoms with van der Waals surface area (Å²) in [5, 5.41) is 0. The van der Waals surface area contributed by atoms with Crippen LogP contribution in [-0.4, -0.2) is 5.78 Å². The zero-order chi connectivity index (χ0) is 17.2. The van der Waals surface area contributed by atoms with Gasteiger partial charge in [0.25, 0.3) is 0 Å². The van der Waals surface area contributed by atoms with Crippen LogP contribution in [0.3, 0.4) is 0 Å². The summed E-state index contributed by atoms with van der Waals surface area (Å²) in [5.41, 5.74) is -0.000648. The van der Waals surface area contributed by atoms with Gasteiger partial charge in [-0.25, -0.2) is 0 Å². The third kappa shape index (κ3) is 1.39. The van der Waals surface area contributed by atoms with Gasteiger partial charge in [0.1, 0.15) is 0 Å². The molecule has 1 fully saturated rings. The van der Waals surface area contributed by atoms with Crippen LogP contribution in [-0.2, 0) is 0 Å². The number of hydrogen-bond acceptors (Lipinski definition) is 1. The highest BCUT2D eigenvalue weighted by Crippen LogP contribution is 2.61. The van der Waals surface area contributed by atoms with E-state index in [1.807, 2.05) is 12.2 Å². The normalized spacial score (nSPS) is 43.9. The molecule has 3 aliphatic rings. The van der Waals surface area contributed by atoms with Crippen LogP contribution < -0.4 is 0 Å². The Bertz CT molecular complexity index is 771. The molecular formula is C18H20O. The molecular weight excluding hydrogens is 232 g/mol. The third-order valence-electron chi connectivity index (χ3n) is 5.20. The summed E-state index contributed by atoms with van der Waals surface area (Å²) >= 11 is 0. The van der Waals surface area contributed by atoms with Gasteiger partial charge in [-0.1, -0.05) is 49.2 Å². The SMILES string of the molecule is [2H]c1c([2H])c([2H])c2c(c1[2H])C(=O)[C@@]1(C3CC=CC3[2H])CCCC[C@@H]21. The molecule has 4 rings (SSSR count). The molecule has 98 valence electrons. The lowest BCUT2D eigenvalue weighted by molar-refractivity contribution is 0.0519. The second-order valence-electron chi connectivity index (χ2n) is 5.92. The van der Waals surface area contributed by atoms with Crippen LogP contribution in [0.4, 0.5) is 0 Å². The minimum Gasteiger partial charge on any atom is -0.294 e. The minimum absolute atomic E-state index is 0.0550. The van der Waals surface area contributed by atoms with Crippen LogP contribution >= 0.6 is 0 Å². The smallest absolute Gasteiger partial charge is 0.170 e. The highest BCUT2D eigenvalue weighted by Gasteiger charge is 2.57. The van der Waals surface area contributed by atoms with Crippen molar-refractivity contribution in [3.63, 3.8) is 0 Å². The van der Waals surface area contributed by atoms with Gasteiger partial charge in [0, 0.05) is 12.3 Å². The molecule has 0 amide bonds. The molecule has 1 aromatic rings. The van der Waals surface area contributed by atoms with E-state index < -0.39 is 11.8 Å². The molecule has 19 heavy (non-hydrogen) atoms. The molecule has 0 spiro atoms. The van der Waals surface area contributed by atoms with Crippen LogP contribution in [0.15, 0.2) is 36.3 Å². The third-order valence-corrected chi connectivity index (χ3v) is 5.20. The average Bonchev–Trinajstić information content (AvgIpc) is 3.12. The van der Waals surface area contributed by atoms with Crippen LogP contribution in [0.2, 0.25) is 0 Å². The lowest BCUT2D eigenvalue weighted by Crippen LogP contribution is -2.40. The zero-order valence-electron chi connectivity index (χ0n) is 15.8. The minimum atomic E-state index is -0.720. The Morgan fingerprint density at radius 1 is 1.26 bits per heavy atom. The molecule has 2 unspecified atom stereocenters. The summed E-state index contributed by atoms with van der Waals surface area (Å²) in [5.74, 6) is -0.433. The number of carbonyl (C=O) groups is 1. The number of hydrogen-bond donors (Lipinski definition) is 0. The summed E-state index contributed by atoms with van der Waals surface area (Å²) in [6, 6.07) is -0.828. The monoisotopic (exact) mass is 257 g/mol. The second-order valence-corrected chi connectivity index (χ2v) is 5.92. The van der Waals surface area contributed by atoms with Crippen molar-refractivity contribution in [3.05, 3.63) is 47.4 Å². The van der Waals surface area contributed by atoms with Gasteiger partial charge in [0.2, 0.25) is 0 Å². The van der Waals surface area contributed by atoms with E-state index in [1.54, 1.807) is 0 Å². The Kier molecular flexibility index (Phi) is 1.59. The van der Waals surface area contributed by atoms with Gasteiger partial charge in [-0.2, -0.15) is 0 Å². The molecule has 1 nitrogen and oxygen atoms in total. The predicted molar refractivity (Wildman–Crippen MR) is 76.3 cm³/mol. The van der Waals surface area contributed by atoms with Crippen molar-refractivity contribution in [1.82, 2.24) is 0 Å². The Balaban J connectivity index is 1.98. The number of rotatable bonds is 1. The summed E-state index contributed by atoms with van der Waals surface area (Å²) in [7, 11) is 0. The van der Waals surface area contributed by atoms with E-state index in [-0.39, 0.29) is 47.4 Å². The molecule has 0 aliphatic heterocycles. The molecule has 0 radical (unpaired) electrons. The first kappa shape index (κ1) is 7.42. The molecule has 0 saturated heterocycles. The molecule has 3 aliphatic carbocycles. The van der Waals surface area contributed by atoms with Gasteiger partial charge < -0.3 is 0 Å². The summed E-state index contributed by atoms with van der Waals surface area (Å²) in [4.78, 5) is 13.5.